The lowest BCUT2D eigenvalue weighted by Crippen LogP contribution is -2.20. The molecule has 3 aromatic carbocycles. The van der Waals surface area contributed by atoms with Crippen LogP contribution in [0.4, 0.5) is 0 Å². The topological polar surface area (TPSA) is 37.3 Å². The van der Waals surface area contributed by atoms with E-state index in [0.29, 0.717) is 0 Å². The van der Waals surface area contributed by atoms with Gasteiger partial charge in [0.15, 0.2) is 0 Å². The van der Waals surface area contributed by atoms with E-state index in [1.807, 2.05) is 0 Å². The molecular weight excluding hydrogens is 407 g/mol. The Hall–Kier alpha value is -1.96. The van der Waals surface area contributed by atoms with Gasteiger partial charge in [0, 0.05) is 11.8 Å². The zero-order valence-electron chi connectivity index (χ0n) is 14.5. The van der Waals surface area contributed by atoms with E-state index in [4.69, 9.17) is 5.11 Å². The van der Waals surface area contributed by atoms with E-state index in [0.717, 1.165) is 11.8 Å². The number of alkyl halides is 1. The SMILES string of the molecule is O=C(O)CCCBr.c1ccc(P(c2ccccc2)c2ccccc2)cc1. The van der Waals surface area contributed by atoms with E-state index in [-0.39, 0.29) is 6.42 Å². The van der Waals surface area contributed by atoms with Crippen LogP contribution in [-0.2, 0) is 4.79 Å². The molecule has 0 amide bonds. The van der Waals surface area contributed by atoms with E-state index in [2.05, 4.69) is 107 Å². The summed E-state index contributed by atoms with van der Waals surface area (Å²) >= 11 is 3.11. The zero-order chi connectivity index (χ0) is 18.6. The maximum atomic E-state index is 9.74. The van der Waals surface area contributed by atoms with E-state index < -0.39 is 13.9 Å². The quantitative estimate of drug-likeness (QED) is 0.456. The van der Waals surface area contributed by atoms with Gasteiger partial charge in [-0.15, -0.1) is 0 Å². The second-order valence-corrected chi connectivity index (χ2v) is 8.54. The first kappa shape index (κ1) is 20.4. The molecule has 3 aromatic rings. The van der Waals surface area contributed by atoms with Gasteiger partial charge >= 0.3 is 5.97 Å². The van der Waals surface area contributed by atoms with E-state index in [9.17, 15) is 4.79 Å². The van der Waals surface area contributed by atoms with Crippen molar-refractivity contribution in [1.82, 2.24) is 0 Å². The summed E-state index contributed by atoms with van der Waals surface area (Å²) in [6.07, 6.45) is 0.987. The van der Waals surface area contributed by atoms with E-state index in [1.165, 1.54) is 15.9 Å². The molecule has 1 N–H and O–H groups in total. The van der Waals surface area contributed by atoms with Crippen molar-refractivity contribution in [3.8, 4) is 0 Å². The molecule has 0 saturated carbocycles. The molecule has 0 saturated heterocycles. The predicted octanol–water partition coefficient (Wildman–Crippen LogP) is 4.69. The van der Waals surface area contributed by atoms with Gasteiger partial charge in [-0.05, 0) is 30.3 Å². The number of hydrogen-bond donors (Lipinski definition) is 1. The highest BCUT2D eigenvalue weighted by Gasteiger charge is 2.14. The standard InChI is InChI=1S/C18H15P.C4H7BrO2/c1-4-10-16(11-5-1)19(17-12-6-2-7-13-17)18-14-8-3-9-15-18;5-3-1-2-4(6)7/h1-15H;1-3H2,(H,6,7). The average molecular weight is 429 g/mol. The van der Waals surface area contributed by atoms with Crippen molar-refractivity contribution in [1.29, 1.82) is 0 Å². The highest BCUT2D eigenvalue weighted by molar-refractivity contribution is 9.09. The first-order valence-electron chi connectivity index (χ1n) is 8.45. The van der Waals surface area contributed by atoms with Crippen molar-refractivity contribution in [3.05, 3.63) is 91.0 Å². The lowest BCUT2D eigenvalue weighted by molar-refractivity contribution is -0.137. The molecule has 3 rings (SSSR count). The van der Waals surface area contributed by atoms with Crippen LogP contribution < -0.4 is 15.9 Å². The van der Waals surface area contributed by atoms with Gasteiger partial charge in [0.1, 0.15) is 0 Å². The van der Waals surface area contributed by atoms with E-state index >= 15 is 0 Å². The van der Waals surface area contributed by atoms with Crippen molar-refractivity contribution in [3.63, 3.8) is 0 Å². The molecule has 0 spiro atoms. The van der Waals surface area contributed by atoms with Crippen molar-refractivity contribution >= 4 is 45.7 Å². The Balaban J connectivity index is 0.000000298. The third kappa shape index (κ3) is 6.74. The normalized spacial score (nSPS) is 10.1. The molecule has 4 heteroatoms. The lowest BCUT2D eigenvalue weighted by Gasteiger charge is -2.18. The van der Waals surface area contributed by atoms with Gasteiger partial charge in [-0.2, -0.15) is 0 Å². The van der Waals surface area contributed by atoms with Crippen molar-refractivity contribution in [2.75, 3.05) is 5.33 Å². The van der Waals surface area contributed by atoms with Gasteiger partial charge in [-0.1, -0.05) is 107 Å². The van der Waals surface area contributed by atoms with Gasteiger partial charge in [-0.3, -0.25) is 4.79 Å². The van der Waals surface area contributed by atoms with Gasteiger partial charge in [-0.25, -0.2) is 0 Å². The summed E-state index contributed by atoms with van der Waals surface area (Å²) in [6, 6.07) is 32.3. The average Bonchev–Trinajstić information content (AvgIpc) is 2.70. The van der Waals surface area contributed by atoms with Gasteiger partial charge in [0.2, 0.25) is 0 Å². The summed E-state index contributed by atoms with van der Waals surface area (Å²) in [5.74, 6) is -0.723. The third-order valence-corrected chi connectivity index (χ3v) is 6.57. The minimum absolute atomic E-state index is 0.269. The summed E-state index contributed by atoms with van der Waals surface area (Å²) in [7, 11) is -0.446. The molecule has 0 bridgehead atoms. The van der Waals surface area contributed by atoms with Crippen LogP contribution in [0.3, 0.4) is 0 Å². The van der Waals surface area contributed by atoms with Crippen LogP contribution in [0.15, 0.2) is 91.0 Å². The van der Waals surface area contributed by atoms with Gasteiger partial charge < -0.3 is 5.11 Å². The molecule has 0 aliphatic rings. The maximum absolute atomic E-state index is 9.74. The Morgan fingerprint density at radius 2 is 1.08 bits per heavy atom. The maximum Gasteiger partial charge on any atom is 0.303 e. The number of hydrogen-bond acceptors (Lipinski definition) is 1. The molecule has 0 heterocycles. The second kappa shape index (κ2) is 11.6. The molecule has 0 radical (unpaired) electrons. The van der Waals surface area contributed by atoms with Crippen LogP contribution in [0.25, 0.3) is 0 Å². The molecule has 0 unspecified atom stereocenters. The molecule has 2 nitrogen and oxygen atoms in total. The number of carboxylic acids is 1. The summed E-state index contributed by atoms with van der Waals surface area (Å²) in [6.45, 7) is 0. The third-order valence-electron chi connectivity index (χ3n) is 3.57. The number of aliphatic carboxylic acids is 1. The molecule has 0 aromatic heterocycles. The second-order valence-electron chi connectivity index (χ2n) is 5.53. The number of carboxylic acid groups (broad SMARTS) is 1. The largest absolute Gasteiger partial charge is 0.481 e. The first-order chi connectivity index (χ1) is 12.7. The van der Waals surface area contributed by atoms with Gasteiger partial charge in [0.25, 0.3) is 0 Å². The van der Waals surface area contributed by atoms with E-state index in [1.54, 1.807) is 0 Å². The summed E-state index contributed by atoms with van der Waals surface area (Å²) in [5.41, 5.74) is 0. The van der Waals surface area contributed by atoms with Crippen LogP contribution in [0, 0.1) is 0 Å². The fourth-order valence-corrected chi connectivity index (χ4v) is 4.98. The Labute approximate surface area is 164 Å². The van der Waals surface area contributed by atoms with Crippen LogP contribution in [0.2, 0.25) is 0 Å². The molecular formula is C22H22BrO2P. The summed E-state index contributed by atoms with van der Waals surface area (Å²) in [4.78, 5) is 9.74. The highest BCUT2D eigenvalue weighted by atomic mass is 79.9. The minimum Gasteiger partial charge on any atom is -0.481 e. The lowest BCUT2D eigenvalue weighted by atomic mass is 10.3. The van der Waals surface area contributed by atoms with Crippen molar-refractivity contribution in [2.45, 2.75) is 12.8 Å². The van der Waals surface area contributed by atoms with Crippen LogP contribution in [0.1, 0.15) is 12.8 Å². The summed E-state index contributed by atoms with van der Waals surface area (Å²) in [5, 5.41) is 13.0. The fraction of sp³-hybridized carbons (Fsp3) is 0.136. The Morgan fingerprint density at radius 3 is 1.31 bits per heavy atom. The Kier molecular flexibility index (Phi) is 9.09. The summed E-state index contributed by atoms with van der Waals surface area (Å²) < 4.78 is 0. The Morgan fingerprint density at radius 1 is 0.731 bits per heavy atom. The smallest absolute Gasteiger partial charge is 0.303 e. The molecule has 0 aliphatic heterocycles. The number of halogens is 1. The first-order valence-corrected chi connectivity index (χ1v) is 10.9. The molecule has 26 heavy (non-hydrogen) atoms. The van der Waals surface area contributed by atoms with Gasteiger partial charge in [0.05, 0.1) is 0 Å². The number of carbonyl (C=O) groups is 1. The molecule has 134 valence electrons. The van der Waals surface area contributed by atoms with Crippen molar-refractivity contribution < 1.29 is 9.90 Å². The van der Waals surface area contributed by atoms with Crippen LogP contribution >= 0.6 is 23.9 Å². The zero-order valence-corrected chi connectivity index (χ0v) is 16.9. The highest BCUT2D eigenvalue weighted by Crippen LogP contribution is 2.32. The number of benzene rings is 3. The fourth-order valence-electron chi connectivity index (χ4n) is 2.40. The molecule has 0 fully saturated rings. The van der Waals surface area contributed by atoms with Crippen LogP contribution in [-0.4, -0.2) is 16.4 Å². The minimum atomic E-state index is -0.723. The Bertz CT molecular complexity index is 670. The monoisotopic (exact) mass is 428 g/mol. The number of rotatable bonds is 6. The molecule has 0 atom stereocenters. The predicted molar refractivity (Wildman–Crippen MR) is 116 cm³/mol. The molecule has 0 aliphatic carbocycles. The van der Waals surface area contributed by atoms with Crippen LogP contribution in [0.5, 0.6) is 0 Å². The van der Waals surface area contributed by atoms with Crippen molar-refractivity contribution in [2.24, 2.45) is 0 Å².